The minimum Gasteiger partial charge on any atom is -0.437 e. The summed E-state index contributed by atoms with van der Waals surface area (Å²) in [5, 5.41) is 9.90. The van der Waals surface area contributed by atoms with E-state index < -0.39 is 15.4 Å². The van der Waals surface area contributed by atoms with Gasteiger partial charge in [-0.05, 0) is 43.5 Å². The molecule has 1 heterocycles. The van der Waals surface area contributed by atoms with E-state index in [1.165, 1.54) is 5.57 Å². The van der Waals surface area contributed by atoms with Crippen LogP contribution < -0.4 is 0 Å². The quantitative estimate of drug-likeness (QED) is 0.631. The highest BCUT2D eigenvalue weighted by Gasteiger charge is 2.41. The predicted molar refractivity (Wildman–Crippen MR) is 81.2 cm³/mol. The summed E-state index contributed by atoms with van der Waals surface area (Å²) in [6.07, 6.45) is 0.999. The smallest absolute Gasteiger partial charge is 0.376 e. The predicted octanol–water partition coefficient (Wildman–Crippen LogP) is 2.75. The van der Waals surface area contributed by atoms with Gasteiger partial charge < -0.3 is 14.3 Å². The molecule has 1 rings (SSSR count). The first kappa shape index (κ1) is 16.0. The van der Waals surface area contributed by atoms with Gasteiger partial charge in [0.15, 0.2) is 8.32 Å². The van der Waals surface area contributed by atoms with Crippen molar-refractivity contribution in [3.63, 3.8) is 0 Å². The molecule has 0 aliphatic carbocycles. The number of hydrogen-bond donors (Lipinski definition) is 1. The van der Waals surface area contributed by atoms with Crippen LogP contribution in [0.2, 0.25) is 25.0 Å². The standard InChI is InChI=1S/C13H28BNO2Si/c1-11-8-9-15(14(5)16)10-12(11)17-18(6,7)13(2,3)4/h12,16H,1,8-10H2,2-7H3. The van der Waals surface area contributed by atoms with Crippen molar-refractivity contribution in [3.05, 3.63) is 12.2 Å². The highest BCUT2D eigenvalue weighted by atomic mass is 28.4. The second-order valence-corrected chi connectivity index (χ2v) is 11.7. The fraction of sp³-hybridized carbons (Fsp3) is 0.846. The molecule has 1 N–H and O–H groups in total. The topological polar surface area (TPSA) is 32.7 Å². The number of piperidine rings is 1. The van der Waals surface area contributed by atoms with Crippen LogP contribution in [0.15, 0.2) is 12.2 Å². The maximum atomic E-state index is 9.69. The largest absolute Gasteiger partial charge is 0.437 e. The Balaban J connectivity index is 2.73. The first-order valence-corrected chi connectivity index (χ1v) is 9.73. The van der Waals surface area contributed by atoms with Crippen molar-refractivity contribution in [1.82, 2.24) is 4.81 Å². The van der Waals surface area contributed by atoms with Crippen molar-refractivity contribution in [2.24, 2.45) is 0 Å². The molecule has 104 valence electrons. The van der Waals surface area contributed by atoms with E-state index in [1.54, 1.807) is 0 Å². The van der Waals surface area contributed by atoms with E-state index in [0.29, 0.717) is 0 Å². The summed E-state index contributed by atoms with van der Waals surface area (Å²) in [5.41, 5.74) is 1.18. The van der Waals surface area contributed by atoms with Gasteiger partial charge in [-0.3, -0.25) is 0 Å². The van der Waals surface area contributed by atoms with Gasteiger partial charge >= 0.3 is 7.05 Å². The van der Waals surface area contributed by atoms with Crippen LogP contribution in [0.3, 0.4) is 0 Å². The lowest BCUT2D eigenvalue weighted by molar-refractivity contribution is 0.151. The van der Waals surface area contributed by atoms with Gasteiger partial charge in [0.1, 0.15) is 0 Å². The summed E-state index contributed by atoms with van der Waals surface area (Å²) < 4.78 is 6.42. The van der Waals surface area contributed by atoms with Crippen LogP contribution in [0.5, 0.6) is 0 Å². The summed E-state index contributed by atoms with van der Waals surface area (Å²) in [7, 11) is -2.17. The molecule has 1 unspecified atom stereocenters. The van der Waals surface area contributed by atoms with Crippen LogP contribution in [-0.2, 0) is 4.43 Å². The molecule has 1 saturated heterocycles. The molecule has 0 radical (unpaired) electrons. The maximum absolute atomic E-state index is 9.69. The molecule has 1 fully saturated rings. The van der Waals surface area contributed by atoms with Crippen molar-refractivity contribution in [3.8, 4) is 0 Å². The van der Waals surface area contributed by atoms with Gasteiger partial charge in [0.2, 0.25) is 0 Å². The van der Waals surface area contributed by atoms with E-state index >= 15 is 0 Å². The summed E-state index contributed by atoms with van der Waals surface area (Å²) >= 11 is 0. The lowest BCUT2D eigenvalue weighted by atomic mass is 9.82. The molecule has 0 bridgehead atoms. The molecule has 0 saturated carbocycles. The Kier molecular flexibility index (Phi) is 4.87. The van der Waals surface area contributed by atoms with Crippen molar-refractivity contribution < 1.29 is 9.45 Å². The third-order valence-electron chi connectivity index (χ3n) is 4.35. The summed E-state index contributed by atoms with van der Waals surface area (Å²) in [5.74, 6) is 0. The molecule has 18 heavy (non-hydrogen) atoms. The van der Waals surface area contributed by atoms with E-state index in [-0.39, 0.29) is 11.1 Å². The molecule has 1 aliphatic heterocycles. The first-order valence-electron chi connectivity index (χ1n) is 6.82. The molecule has 1 aliphatic rings. The molecule has 0 amide bonds. The van der Waals surface area contributed by atoms with E-state index in [1.807, 2.05) is 6.82 Å². The molecule has 0 spiro atoms. The highest BCUT2D eigenvalue weighted by molar-refractivity contribution is 6.74. The van der Waals surface area contributed by atoms with Gasteiger partial charge in [-0.2, -0.15) is 0 Å². The first-order chi connectivity index (χ1) is 8.04. The Hall–Kier alpha value is -0.0982. The third-order valence-corrected chi connectivity index (χ3v) is 8.83. The third kappa shape index (κ3) is 3.70. The van der Waals surface area contributed by atoms with Crippen LogP contribution in [0.25, 0.3) is 0 Å². The van der Waals surface area contributed by atoms with Gasteiger partial charge in [0.05, 0.1) is 6.10 Å². The fourth-order valence-electron chi connectivity index (χ4n) is 1.87. The van der Waals surface area contributed by atoms with Gasteiger partial charge in [0, 0.05) is 6.54 Å². The van der Waals surface area contributed by atoms with Crippen molar-refractivity contribution >= 4 is 15.4 Å². The van der Waals surface area contributed by atoms with E-state index in [4.69, 9.17) is 4.43 Å². The SMILES string of the molecule is C=C1CCN(B(C)O)CC1O[Si](C)(C)C(C)(C)C. The Morgan fingerprint density at radius 2 is 2.00 bits per heavy atom. The lowest BCUT2D eigenvalue weighted by Crippen LogP contribution is -2.52. The number of nitrogens with zero attached hydrogens (tertiary/aromatic N) is 1. The van der Waals surface area contributed by atoms with Crippen molar-refractivity contribution in [2.75, 3.05) is 13.1 Å². The summed E-state index contributed by atoms with van der Waals surface area (Å²) in [6, 6.07) is 0. The minimum atomic E-state index is -1.77. The molecule has 0 aromatic heterocycles. The zero-order valence-corrected chi connectivity index (χ0v) is 13.8. The molecule has 5 heteroatoms. The zero-order chi connectivity index (χ0) is 14.1. The van der Waals surface area contributed by atoms with Crippen LogP contribution >= 0.6 is 0 Å². The van der Waals surface area contributed by atoms with Crippen LogP contribution in [0.4, 0.5) is 0 Å². The van der Waals surface area contributed by atoms with E-state index in [2.05, 4.69) is 45.3 Å². The zero-order valence-electron chi connectivity index (χ0n) is 12.8. The van der Waals surface area contributed by atoms with Gasteiger partial charge in [-0.15, -0.1) is 0 Å². The Bertz CT molecular complexity index is 313. The Morgan fingerprint density at radius 1 is 1.44 bits per heavy atom. The van der Waals surface area contributed by atoms with Crippen molar-refractivity contribution in [1.29, 1.82) is 0 Å². The monoisotopic (exact) mass is 269 g/mol. The average Bonchev–Trinajstić information content (AvgIpc) is 2.18. The molecule has 3 nitrogen and oxygen atoms in total. The lowest BCUT2D eigenvalue weighted by Gasteiger charge is -2.43. The summed E-state index contributed by atoms with van der Waals surface area (Å²) in [6.45, 7) is 18.9. The van der Waals surface area contributed by atoms with E-state index in [9.17, 15) is 5.02 Å². The molecular formula is C13H28BNO2Si. The second-order valence-electron chi connectivity index (χ2n) is 6.90. The summed E-state index contributed by atoms with van der Waals surface area (Å²) in [4.78, 5) is 2.06. The molecule has 1 atom stereocenters. The van der Waals surface area contributed by atoms with Crippen LogP contribution in [0, 0.1) is 0 Å². The molecular weight excluding hydrogens is 241 g/mol. The second kappa shape index (κ2) is 5.49. The van der Waals surface area contributed by atoms with E-state index in [0.717, 1.165) is 19.5 Å². The Morgan fingerprint density at radius 3 is 2.44 bits per heavy atom. The number of rotatable bonds is 3. The Labute approximate surface area is 113 Å². The molecule has 0 aromatic carbocycles. The number of hydrogen-bond acceptors (Lipinski definition) is 3. The van der Waals surface area contributed by atoms with Gasteiger partial charge in [-0.25, -0.2) is 0 Å². The average molecular weight is 269 g/mol. The molecule has 0 aromatic rings. The normalized spacial score (nSPS) is 23.3. The fourth-order valence-corrected chi connectivity index (χ4v) is 3.18. The van der Waals surface area contributed by atoms with Crippen molar-refractivity contribution in [2.45, 2.75) is 58.3 Å². The van der Waals surface area contributed by atoms with Gasteiger partial charge in [-0.1, -0.05) is 27.4 Å². The van der Waals surface area contributed by atoms with Crippen LogP contribution in [-0.4, -0.2) is 44.4 Å². The van der Waals surface area contributed by atoms with Crippen LogP contribution in [0.1, 0.15) is 27.2 Å². The minimum absolute atomic E-state index is 0.0780. The highest BCUT2D eigenvalue weighted by Crippen LogP contribution is 2.38. The maximum Gasteiger partial charge on any atom is 0.376 e. The van der Waals surface area contributed by atoms with Gasteiger partial charge in [0.25, 0.3) is 0 Å².